The summed E-state index contributed by atoms with van der Waals surface area (Å²) in [4.78, 5) is 2.06. The van der Waals surface area contributed by atoms with Gasteiger partial charge in [-0.15, -0.1) is 18.3 Å². The Morgan fingerprint density at radius 2 is 1.79 bits per heavy atom. The van der Waals surface area contributed by atoms with Gasteiger partial charge in [0.2, 0.25) is 0 Å². The largest absolute Gasteiger partial charge is 0.348 e. The molecule has 1 heterocycles. The van der Waals surface area contributed by atoms with Crippen LogP contribution in [0.15, 0.2) is 37.4 Å². The Morgan fingerprint density at radius 1 is 1.16 bits per heavy atom. The van der Waals surface area contributed by atoms with Crippen LogP contribution in [0, 0.1) is 0 Å². The summed E-state index contributed by atoms with van der Waals surface area (Å²) in [5.74, 6) is 0.847. The molecule has 0 aliphatic carbocycles. The van der Waals surface area contributed by atoms with Crippen molar-refractivity contribution in [1.82, 2.24) is 15.5 Å². The molecule has 0 fully saturated rings. The van der Waals surface area contributed by atoms with Crippen LogP contribution in [0.2, 0.25) is 0 Å². The lowest BCUT2D eigenvalue weighted by molar-refractivity contribution is 0.420. The first-order valence-electron chi connectivity index (χ1n) is 6.50. The Labute approximate surface area is 116 Å². The van der Waals surface area contributed by atoms with Gasteiger partial charge in [-0.1, -0.05) is 12.2 Å². The molecular formula is C15H24N4. The zero-order chi connectivity index (χ0) is 14.3. The van der Waals surface area contributed by atoms with E-state index in [-0.39, 0.29) is 5.54 Å². The smallest absolute Gasteiger partial charge is 0.151 e. The first kappa shape index (κ1) is 15.4. The van der Waals surface area contributed by atoms with E-state index in [4.69, 9.17) is 0 Å². The van der Waals surface area contributed by atoms with Gasteiger partial charge in [-0.3, -0.25) is 0 Å². The number of nitrogens with one attached hydrogen (secondary N) is 1. The van der Waals surface area contributed by atoms with Crippen molar-refractivity contribution in [2.45, 2.75) is 32.9 Å². The van der Waals surface area contributed by atoms with Crippen LogP contribution in [0.25, 0.3) is 0 Å². The Kier molecular flexibility index (Phi) is 5.70. The Hall–Kier alpha value is -1.68. The van der Waals surface area contributed by atoms with Crippen molar-refractivity contribution in [2.75, 3.05) is 18.0 Å². The monoisotopic (exact) mass is 260 g/mol. The molecule has 4 nitrogen and oxygen atoms in total. The van der Waals surface area contributed by atoms with Crippen LogP contribution in [-0.2, 0) is 6.54 Å². The minimum atomic E-state index is 0.0814. The topological polar surface area (TPSA) is 41.0 Å². The third-order valence-electron chi connectivity index (χ3n) is 2.53. The van der Waals surface area contributed by atoms with Crippen LogP contribution in [0.3, 0.4) is 0 Å². The molecule has 0 saturated carbocycles. The standard InChI is InChI=1S/C15H24N4/c1-6-10-19(11-7-2)14-9-8-13(17-18-14)12-16-15(3,4)5/h6-9,16H,1-2,10-12H2,3-5H3. The molecule has 1 aromatic heterocycles. The molecule has 1 rings (SSSR count). The van der Waals surface area contributed by atoms with E-state index in [0.29, 0.717) is 0 Å². The second-order valence-corrected chi connectivity index (χ2v) is 5.47. The molecule has 19 heavy (non-hydrogen) atoms. The highest BCUT2D eigenvalue weighted by Crippen LogP contribution is 2.10. The molecule has 1 N–H and O–H groups in total. The Morgan fingerprint density at radius 3 is 2.21 bits per heavy atom. The van der Waals surface area contributed by atoms with Crippen molar-refractivity contribution in [3.05, 3.63) is 43.1 Å². The average Bonchev–Trinajstić information content (AvgIpc) is 2.36. The number of rotatable bonds is 7. The van der Waals surface area contributed by atoms with Crippen molar-refractivity contribution >= 4 is 5.82 Å². The molecule has 0 saturated heterocycles. The summed E-state index contributed by atoms with van der Waals surface area (Å²) in [5, 5.41) is 11.9. The lowest BCUT2D eigenvalue weighted by atomic mass is 10.1. The van der Waals surface area contributed by atoms with Gasteiger partial charge in [0, 0.05) is 25.2 Å². The molecule has 0 radical (unpaired) electrons. The fourth-order valence-corrected chi connectivity index (χ4v) is 1.54. The maximum atomic E-state index is 4.26. The number of nitrogens with zero attached hydrogens (tertiary/aromatic N) is 3. The summed E-state index contributed by atoms with van der Waals surface area (Å²) < 4.78 is 0. The highest BCUT2D eigenvalue weighted by atomic mass is 15.3. The average molecular weight is 260 g/mol. The van der Waals surface area contributed by atoms with Crippen molar-refractivity contribution in [3.8, 4) is 0 Å². The fourth-order valence-electron chi connectivity index (χ4n) is 1.54. The van der Waals surface area contributed by atoms with E-state index in [9.17, 15) is 0 Å². The summed E-state index contributed by atoms with van der Waals surface area (Å²) >= 11 is 0. The lowest BCUT2D eigenvalue weighted by Crippen LogP contribution is -2.35. The molecule has 0 spiro atoms. The van der Waals surface area contributed by atoms with Crippen molar-refractivity contribution < 1.29 is 0 Å². The molecule has 0 atom stereocenters. The normalized spacial score (nSPS) is 11.1. The number of anilines is 1. The van der Waals surface area contributed by atoms with Gasteiger partial charge in [-0.05, 0) is 32.9 Å². The van der Waals surface area contributed by atoms with Crippen LogP contribution in [0.4, 0.5) is 5.82 Å². The second-order valence-electron chi connectivity index (χ2n) is 5.47. The quantitative estimate of drug-likeness (QED) is 0.765. The van der Waals surface area contributed by atoms with Crippen LogP contribution in [-0.4, -0.2) is 28.8 Å². The number of hydrogen-bond donors (Lipinski definition) is 1. The summed E-state index contributed by atoms with van der Waals surface area (Å²) in [7, 11) is 0. The molecule has 0 bridgehead atoms. The third-order valence-corrected chi connectivity index (χ3v) is 2.53. The summed E-state index contributed by atoms with van der Waals surface area (Å²) in [5.41, 5.74) is 1.02. The molecule has 0 aliphatic rings. The van der Waals surface area contributed by atoms with Crippen LogP contribution in [0.5, 0.6) is 0 Å². The van der Waals surface area contributed by atoms with E-state index in [1.807, 2.05) is 24.3 Å². The molecule has 4 heteroatoms. The predicted octanol–water partition coefficient (Wildman–Crippen LogP) is 2.54. The zero-order valence-electron chi connectivity index (χ0n) is 12.2. The van der Waals surface area contributed by atoms with Crippen LogP contribution >= 0.6 is 0 Å². The third kappa shape index (κ3) is 5.66. The molecule has 0 aromatic carbocycles. The molecule has 1 aromatic rings. The SMILES string of the molecule is C=CCN(CC=C)c1ccc(CNC(C)(C)C)nn1. The summed E-state index contributed by atoms with van der Waals surface area (Å²) in [6, 6.07) is 3.99. The number of aromatic nitrogens is 2. The van der Waals surface area contributed by atoms with Gasteiger partial charge >= 0.3 is 0 Å². The number of hydrogen-bond acceptors (Lipinski definition) is 4. The second kappa shape index (κ2) is 7.04. The van der Waals surface area contributed by atoms with Crippen LogP contribution in [0.1, 0.15) is 26.5 Å². The van der Waals surface area contributed by atoms with E-state index < -0.39 is 0 Å². The predicted molar refractivity (Wildman–Crippen MR) is 81.2 cm³/mol. The van der Waals surface area contributed by atoms with E-state index in [0.717, 1.165) is 31.1 Å². The van der Waals surface area contributed by atoms with Crippen molar-refractivity contribution in [3.63, 3.8) is 0 Å². The molecule has 0 amide bonds. The van der Waals surface area contributed by atoms with E-state index in [1.165, 1.54) is 0 Å². The van der Waals surface area contributed by atoms with Crippen molar-refractivity contribution in [1.29, 1.82) is 0 Å². The van der Waals surface area contributed by atoms with Gasteiger partial charge in [-0.25, -0.2) is 0 Å². The maximum Gasteiger partial charge on any atom is 0.151 e. The van der Waals surface area contributed by atoms with Gasteiger partial charge in [0.25, 0.3) is 0 Å². The molecular weight excluding hydrogens is 236 g/mol. The Bertz CT molecular complexity index is 393. The van der Waals surface area contributed by atoms with Gasteiger partial charge in [0.15, 0.2) is 5.82 Å². The molecule has 0 aliphatic heterocycles. The summed E-state index contributed by atoms with van der Waals surface area (Å²) in [6.45, 7) is 16.1. The van der Waals surface area contributed by atoms with Gasteiger partial charge in [0.1, 0.15) is 0 Å². The minimum absolute atomic E-state index is 0.0814. The Balaban J connectivity index is 2.68. The van der Waals surface area contributed by atoms with Gasteiger partial charge in [-0.2, -0.15) is 5.10 Å². The van der Waals surface area contributed by atoms with E-state index in [1.54, 1.807) is 0 Å². The highest BCUT2D eigenvalue weighted by molar-refractivity contribution is 5.39. The molecule has 104 valence electrons. The molecule has 0 unspecified atom stereocenters. The van der Waals surface area contributed by atoms with Crippen molar-refractivity contribution in [2.24, 2.45) is 0 Å². The van der Waals surface area contributed by atoms with Crippen LogP contribution < -0.4 is 10.2 Å². The van der Waals surface area contributed by atoms with E-state index in [2.05, 4.69) is 54.3 Å². The van der Waals surface area contributed by atoms with Gasteiger partial charge in [0.05, 0.1) is 5.69 Å². The maximum absolute atomic E-state index is 4.26. The lowest BCUT2D eigenvalue weighted by Gasteiger charge is -2.21. The van der Waals surface area contributed by atoms with E-state index >= 15 is 0 Å². The zero-order valence-corrected chi connectivity index (χ0v) is 12.2. The highest BCUT2D eigenvalue weighted by Gasteiger charge is 2.10. The fraction of sp³-hybridized carbons (Fsp3) is 0.467. The first-order chi connectivity index (χ1) is 8.96. The van der Waals surface area contributed by atoms with Gasteiger partial charge < -0.3 is 10.2 Å². The summed E-state index contributed by atoms with van der Waals surface area (Å²) in [6.07, 6.45) is 3.69. The first-order valence-corrected chi connectivity index (χ1v) is 6.50. The minimum Gasteiger partial charge on any atom is -0.348 e.